The highest BCUT2D eigenvalue weighted by molar-refractivity contribution is 6.01. The van der Waals surface area contributed by atoms with E-state index in [4.69, 9.17) is 14.2 Å². The van der Waals surface area contributed by atoms with Crippen molar-refractivity contribution in [2.75, 3.05) is 13.2 Å². The summed E-state index contributed by atoms with van der Waals surface area (Å²) in [6.07, 6.45) is 5.24. The van der Waals surface area contributed by atoms with E-state index in [1.165, 1.54) is 12.2 Å². The van der Waals surface area contributed by atoms with Crippen LogP contribution in [0.5, 0.6) is 0 Å². The average Bonchev–Trinajstić information content (AvgIpc) is 3.18. The van der Waals surface area contributed by atoms with Crippen molar-refractivity contribution >= 4 is 23.7 Å². The molecule has 40 heavy (non-hydrogen) atoms. The molecule has 0 aromatic rings. The van der Waals surface area contributed by atoms with Crippen molar-refractivity contribution in [2.24, 2.45) is 28.6 Å². The standard InChI is InChI=1S/C31H43FO8/c1-5-7-8-14-38-28(37)40-31(25(35)18-39-26(36)9-6-2)13-11-21-20-16-23(32)22-15-19(33)10-12-29(22,3)27(20)24(34)17-30(21,31)4/h10,12,15,20-21,23-24,27,34H,5-9,11,13-14,16-18H2,1-4H3/t20-,21-,23-,24?,27+,29-,30-,31-/m0/s1. The van der Waals surface area contributed by atoms with Gasteiger partial charge in [-0.05, 0) is 68.1 Å². The number of hydrogen-bond donors (Lipinski definition) is 1. The number of carbonyl (C=O) groups excluding carboxylic acids is 4. The number of hydrogen-bond acceptors (Lipinski definition) is 8. The molecule has 8 nitrogen and oxygen atoms in total. The van der Waals surface area contributed by atoms with Crippen LogP contribution >= 0.6 is 0 Å². The molecule has 0 aliphatic heterocycles. The van der Waals surface area contributed by atoms with Crippen molar-refractivity contribution in [1.82, 2.24) is 0 Å². The molecule has 3 fully saturated rings. The fourth-order valence-electron chi connectivity index (χ4n) is 8.22. The van der Waals surface area contributed by atoms with Crippen LogP contribution in [0.3, 0.4) is 0 Å². The van der Waals surface area contributed by atoms with Crippen LogP contribution in [0.15, 0.2) is 23.8 Å². The molecule has 8 atom stereocenters. The van der Waals surface area contributed by atoms with Crippen LogP contribution in [0, 0.1) is 28.6 Å². The first-order valence-electron chi connectivity index (χ1n) is 14.8. The van der Waals surface area contributed by atoms with Gasteiger partial charge in [0.05, 0.1) is 12.7 Å². The molecule has 222 valence electrons. The molecule has 0 aromatic carbocycles. The van der Waals surface area contributed by atoms with Crippen molar-refractivity contribution < 1.29 is 42.9 Å². The number of rotatable bonds is 10. The van der Waals surface area contributed by atoms with E-state index in [1.807, 2.05) is 27.7 Å². The number of carbonyl (C=O) groups is 4. The lowest BCUT2D eigenvalue weighted by molar-refractivity contribution is -0.187. The maximum Gasteiger partial charge on any atom is 0.509 e. The summed E-state index contributed by atoms with van der Waals surface area (Å²) < 4.78 is 32.2. The predicted octanol–water partition coefficient (Wildman–Crippen LogP) is 5.21. The summed E-state index contributed by atoms with van der Waals surface area (Å²) in [6.45, 7) is 7.13. The fraction of sp³-hybridized carbons (Fsp3) is 0.742. The molecule has 0 saturated heterocycles. The molecule has 4 rings (SSSR count). The minimum atomic E-state index is -1.70. The van der Waals surface area contributed by atoms with E-state index in [2.05, 4.69) is 0 Å². The third-order valence-electron chi connectivity index (χ3n) is 10.1. The molecular formula is C31H43FO8. The van der Waals surface area contributed by atoms with Gasteiger partial charge in [0.25, 0.3) is 0 Å². The van der Waals surface area contributed by atoms with Gasteiger partial charge in [0.15, 0.2) is 18.0 Å². The second-order valence-electron chi connectivity index (χ2n) is 12.4. The topological polar surface area (TPSA) is 116 Å². The molecule has 4 aliphatic rings. The number of Topliss-reactive ketones (excluding diaryl/α,β-unsaturated/α-hetero) is 1. The summed E-state index contributed by atoms with van der Waals surface area (Å²) in [5.74, 6) is -2.30. The molecule has 9 heteroatoms. The summed E-state index contributed by atoms with van der Waals surface area (Å²) >= 11 is 0. The van der Waals surface area contributed by atoms with E-state index in [-0.39, 0.29) is 55.8 Å². The van der Waals surface area contributed by atoms with Gasteiger partial charge in [0, 0.05) is 23.2 Å². The molecular weight excluding hydrogens is 519 g/mol. The molecule has 1 unspecified atom stereocenters. The second-order valence-corrected chi connectivity index (χ2v) is 12.4. The zero-order valence-corrected chi connectivity index (χ0v) is 24.1. The van der Waals surface area contributed by atoms with Crippen LogP contribution < -0.4 is 0 Å². The molecule has 3 saturated carbocycles. The lowest BCUT2D eigenvalue weighted by atomic mass is 9.46. The van der Waals surface area contributed by atoms with Gasteiger partial charge in [0.1, 0.15) is 6.17 Å². The number of ketones is 2. The molecule has 4 aliphatic carbocycles. The highest BCUT2D eigenvalue weighted by atomic mass is 19.1. The number of aliphatic hydroxyl groups is 1. The minimum absolute atomic E-state index is 0.0990. The van der Waals surface area contributed by atoms with E-state index in [1.54, 1.807) is 6.08 Å². The van der Waals surface area contributed by atoms with Gasteiger partial charge >= 0.3 is 12.1 Å². The first-order valence-corrected chi connectivity index (χ1v) is 14.8. The molecule has 0 aromatic heterocycles. The van der Waals surface area contributed by atoms with Crippen molar-refractivity contribution in [3.63, 3.8) is 0 Å². The van der Waals surface area contributed by atoms with Crippen LogP contribution in [0.1, 0.15) is 85.5 Å². The Balaban J connectivity index is 1.66. The van der Waals surface area contributed by atoms with Gasteiger partial charge in [-0.2, -0.15) is 0 Å². The van der Waals surface area contributed by atoms with Crippen LogP contribution in [0.25, 0.3) is 0 Å². The average molecular weight is 563 g/mol. The SMILES string of the molecule is CCCCCOC(=O)O[C@]1(C(=O)COC(=O)CCC)CC[C@H]2[C@@H]3C[C@H](F)C4=CC(=O)C=C[C@]4(C)[C@H]3C(O)C[C@@]21C. The monoisotopic (exact) mass is 562 g/mol. The Morgan fingerprint density at radius 3 is 2.58 bits per heavy atom. The summed E-state index contributed by atoms with van der Waals surface area (Å²) in [5, 5.41) is 11.7. The molecule has 0 radical (unpaired) electrons. The Kier molecular flexibility index (Phi) is 8.93. The number of halogens is 1. The summed E-state index contributed by atoms with van der Waals surface area (Å²) in [6, 6.07) is 0. The Labute approximate surface area is 235 Å². The zero-order valence-electron chi connectivity index (χ0n) is 24.1. The number of fused-ring (bicyclic) bond motifs is 5. The first kappa shape index (κ1) is 30.4. The minimum Gasteiger partial charge on any atom is -0.457 e. The first-order chi connectivity index (χ1) is 18.9. The lowest BCUT2D eigenvalue weighted by Gasteiger charge is -2.60. The number of esters is 1. The second kappa shape index (κ2) is 11.7. The fourth-order valence-corrected chi connectivity index (χ4v) is 8.22. The number of ether oxygens (including phenoxy) is 3. The van der Waals surface area contributed by atoms with Crippen LogP contribution in [-0.2, 0) is 28.6 Å². The zero-order chi connectivity index (χ0) is 29.3. The molecule has 0 heterocycles. The van der Waals surface area contributed by atoms with Gasteiger partial charge in [-0.25, -0.2) is 9.18 Å². The van der Waals surface area contributed by atoms with Gasteiger partial charge < -0.3 is 19.3 Å². The van der Waals surface area contributed by atoms with E-state index in [0.717, 1.165) is 12.8 Å². The smallest absolute Gasteiger partial charge is 0.457 e. The van der Waals surface area contributed by atoms with Crippen molar-refractivity contribution in [3.8, 4) is 0 Å². The maximum atomic E-state index is 15.7. The summed E-state index contributed by atoms with van der Waals surface area (Å²) in [5.41, 5.74) is -3.20. The van der Waals surface area contributed by atoms with E-state index in [0.29, 0.717) is 24.8 Å². The van der Waals surface area contributed by atoms with Gasteiger partial charge in [-0.1, -0.05) is 46.6 Å². The summed E-state index contributed by atoms with van der Waals surface area (Å²) in [4.78, 5) is 51.0. The molecule has 0 amide bonds. The Bertz CT molecular complexity index is 1080. The molecule has 1 N–H and O–H groups in total. The number of alkyl halides is 1. The molecule has 0 bridgehead atoms. The normalized spacial score (nSPS) is 38.0. The molecule has 0 spiro atoms. The Morgan fingerprint density at radius 2 is 1.88 bits per heavy atom. The number of aliphatic hydroxyl groups excluding tert-OH is 1. The highest BCUT2D eigenvalue weighted by Crippen LogP contribution is 2.68. The maximum absolute atomic E-state index is 15.7. The highest BCUT2D eigenvalue weighted by Gasteiger charge is 2.71. The van der Waals surface area contributed by atoms with E-state index < -0.39 is 53.2 Å². The Morgan fingerprint density at radius 1 is 1.12 bits per heavy atom. The Hall–Kier alpha value is -2.55. The number of unbranched alkanes of at least 4 members (excludes halogenated alkanes) is 2. The number of allylic oxidation sites excluding steroid dienone is 4. The lowest BCUT2D eigenvalue weighted by Crippen LogP contribution is -2.64. The van der Waals surface area contributed by atoms with Gasteiger partial charge in [-0.15, -0.1) is 0 Å². The van der Waals surface area contributed by atoms with E-state index in [9.17, 15) is 24.3 Å². The van der Waals surface area contributed by atoms with Gasteiger partial charge in [0.2, 0.25) is 5.78 Å². The van der Waals surface area contributed by atoms with Crippen molar-refractivity contribution in [1.29, 1.82) is 0 Å². The summed E-state index contributed by atoms with van der Waals surface area (Å²) in [7, 11) is 0. The largest absolute Gasteiger partial charge is 0.509 e. The van der Waals surface area contributed by atoms with Crippen molar-refractivity contribution in [3.05, 3.63) is 23.8 Å². The van der Waals surface area contributed by atoms with Crippen LogP contribution in [0.2, 0.25) is 0 Å². The third kappa shape index (κ3) is 5.14. The third-order valence-corrected chi connectivity index (χ3v) is 10.1. The van der Waals surface area contributed by atoms with Gasteiger partial charge in [-0.3, -0.25) is 14.4 Å². The van der Waals surface area contributed by atoms with Crippen molar-refractivity contribution in [2.45, 2.75) is 103 Å². The predicted molar refractivity (Wildman–Crippen MR) is 144 cm³/mol. The van der Waals surface area contributed by atoms with Crippen LogP contribution in [0.4, 0.5) is 9.18 Å². The quantitative estimate of drug-likeness (QED) is 0.285. The van der Waals surface area contributed by atoms with Crippen LogP contribution in [-0.4, -0.2) is 59.9 Å². The van der Waals surface area contributed by atoms with E-state index >= 15 is 4.39 Å².